The van der Waals surface area contributed by atoms with Gasteiger partial charge >= 0.3 is 0 Å². The molecule has 1 aliphatic rings. The van der Waals surface area contributed by atoms with Gasteiger partial charge in [-0.05, 0) is 30.5 Å². The lowest BCUT2D eigenvalue weighted by Crippen LogP contribution is -2.01. The van der Waals surface area contributed by atoms with Crippen molar-refractivity contribution in [2.75, 3.05) is 12.4 Å². The van der Waals surface area contributed by atoms with Gasteiger partial charge in [0.15, 0.2) is 0 Å². The average molecular weight is 271 g/mol. The number of aliphatic hydroxyl groups excluding tert-OH is 1. The van der Waals surface area contributed by atoms with Crippen LogP contribution in [0.25, 0.3) is 0 Å². The SMILES string of the molecule is CNc1cc(Oc2ccc(CO)cc2)nc(C2CC2)n1. The van der Waals surface area contributed by atoms with Crippen LogP contribution in [0.4, 0.5) is 5.82 Å². The fourth-order valence-electron chi connectivity index (χ4n) is 1.93. The molecular formula is C15H17N3O2. The van der Waals surface area contributed by atoms with Gasteiger partial charge in [-0.25, -0.2) is 4.98 Å². The van der Waals surface area contributed by atoms with Gasteiger partial charge in [-0.3, -0.25) is 0 Å². The molecule has 3 rings (SSSR count). The number of nitrogens with zero attached hydrogens (tertiary/aromatic N) is 2. The average Bonchev–Trinajstić information content (AvgIpc) is 3.32. The minimum absolute atomic E-state index is 0.0313. The number of hydrogen-bond donors (Lipinski definition) is 2. The second kappa shape index (κ2) is 5.46. The number of aromatic nitrogens is 2. The number of aliphatic hydroxyl groups is 1. The second-order valence-corrected chi connectivity index (χ2v) is 4.88. The van der Waals surface area contributed by atoms with Crippen LogP contribution in [0.2, 0.25) is 0 Å². The predicted octanol–water partition coefficient (Wildman–Crippen LogP) is 2.68. The van der Waals surface area contributed by atoms with Gasteiger partial charge in [0.25, 0.3) is 0 Å². The Bertz CT molecular complexity index is 595. The highest BCUT2D eigenvalue weighted by atomic mass is 16.5. The van der Waals surface area contributed by atoms with Gasteiger partial charge < -0.3 is 15.2 Å². The molecule has 1 aromatic heterocycles. The topological polar surface area (TPSA) is 67.3 Å². The Kier molecular flexibility index (Phi) is 3.52. The van der Waals surface area contributed by atoms with Crippen molar-refractivity contribution >= 4 is 5.82 Å². The van der Waals surface area contributed by atoms with E-state index < -0.39 is 0 Å². The molecule has 1 aromatic carbocycles. The monoisotopic (exact) mass is 271 g/mol. The van der Waals surface area contributed by atoms with Gasteiger partial charge in [-0.2, -0.15) is 4.98 Å². The molecular weight excluding hydrogens is 254 g/mol. The summed E-state index contributed by atoms with van der Waals surface area (Å²) in [5.41, 5.74) is 0.856. The maximum Gasteiger partial charge on any atom is 0.224 e. The maximum absolute atomic E-state index is 9.02. The van der Waals surface area contributed by atoms with Gasteiger partial charge in [-0.1, -0.05) is 12.1 Å². The van der Waals surface area contributed by atoms with Crippen LogP contribution in [0, 0.1) is 0 Å². The van der Waals surface area contributed by atoms with Gasteiger partial charge in [-0.15, -0.1) is 0 Å². The highest BCUT2D eigenvalue weighted by Gasteiger charge is 2.27. The molecule has 0 bridgehead atoms. The van der Waals surface area contributed by atoms with Gasteiger partial charge in [0.2, 0.25) is 5.88 Å². The van der Waals surface area contributed by atoms with E-state index in [9.17, 15) is 0 Å². The molecule has 2 aromatic rings. The van der Waals surface area contributed by atoms with Crippen molar-refractivity contribution in [3.05, 3.63) is 41.7 Å². The molecule has 0 radical (unpaired) electrons. The number of nitrogens with one attached hydrogen (secondary N) is 1. The molecule has 0 spiro atoms. The fraction of sp³-hybridized carbons (Fsp3) is 0.333. The Balaban J connectivity index is 1.83. The Morgan fingerprint density at radius 2 is 2.00 bits per heavy atom. The first-order chi connectivity index (χ1) is 9.78. The summed E-state index contributed by atoms with van der Waals surface area (Å²) in [5, 5.41) is 12.1. The first kappa shape index (κ1) is 12.9. The zero-order valence-corrected chi connectivity index (χ0v) is 11.3. The number of anilines is 1. The highest BCUT2D eigenvalue weighted by molar-refractivity contribution is 5.40. The van der Waals surface area contributed by atoms with Crippen molar-refractivity contribution in [2.24, 2.45) is 0 Å². The van der Waals surface area contributed by atoms with Crippen molar-refractivity contribution < 1.29 is 9.84 Å². The Morgan fingerprint density at radius 3 is 2.60 bits per heavy atom. The van der Waals surface area contributed by atoms with E-state index in [-0.39, 0.29) is 6.61 Å². The lowest BCUT2D eigenvalue weighted by Gasteiger charge is -2.09. The van der Waals surface area contributed by atoms with Crippen molar-refractivity contribution in [3.63, 3.8) is 0 Å². The molecule has 1 aliphatic carbocycles. The van der Waals surface area contributed by atoms with E-state index in [4.69, 9.17) is 9.84 Å². The van der Waals surface area contributed by atoms with E-state index in [0.29, 0.717) is 17.5 Å². The number of benzene rings is 1. The standard InChI is InChI=1S/C15H17N3O2/c1-16-13-8-14(18-15(17-13)11-4-5-11)20-12-6-2-10(9-19)3-7-12/h2-3,6-8,11,19H,4-5,9H2,1H3,(H,16,17,18). The zero-order valence-electron chi connectivity index (χ0n) is 11.3. The Labute approximate surface area is 117 Å². The quantitative estimate of drug-likeness (QED) is 0.875. The molecule has 0 amide bonds. The normalized spacial score (nSPS) is 14.1. The van der Waals surface area contributed by atoms with Crippen LogP contribution < -0.4 is 10.1 Å². The molecule has 0 atom stereocenters. The molecule has 2 N–H and O–H groups in total. The van der Waals surface area contributed by atoms with Crippen LogP contribution in [-0.4, -0.2) is 22.1 Å². The third-order valence-corrected chi connectivity index (χ3v) is 3.25. The third-order valence-electron chi connectivity index (χ3n) is 3.25. The largest absolute Gasteiger partial charge is 0.439 e. The predicted molar refractivity (Wildman–Crippen MR) is 76.0 cm³/mol. The minimum atomic E-state index is 0.0313. The number of hydrogen-bond acceptors (Lipinski definition) is 5. The lowest BCUT2D eigenvalue weighted by atomic mass is 10.2. The zero-order chi connectivity index (χ0) is 13.9. The third kappa shape index (κ3) is 2.88. The summed E-state index contributed by atoms with van der Waals surface area (Å²) in [6, 6.07) is 9.09. The van der Waals surface area contributed by atoms with Crippen LogP contribution in [0.5, 0.6) is 11.6 Å². The second-order valence-electron chi connectivity index (χ2n) is 4.88. The van der Waals surface area contributed by atoms with Gasteiger partial charge in [0.1, 0.15) is 17.4 Å². The van der Waals surface area contributed by atoms with E-state index in [2.05, 4.69) is 15.3 Å². The fourth-order valence-corrected chi connectivity index (χ4v) is 1.93. The molecule has 0 saturated heterocycles. The summed E-state index contributed by atoms with van der Waals surface area (Å²) in [5.74, 6) is 3.33. The van der Waals surface area contributed by atoms with E-state index in [1.54, 1.807) is 6.07 Å². The van der Waals surface area contributed by atoms with Crippen LogP contribution >= 0.6 is 0 Å². The van der Waals surface area contributed by atoms with Crippen LogP contribution in [0.15, 0.2) is 30.3 Å². The van der Waals surface area contributed by atoms with E-state index in [1.807, 2.05) is 31.3 Å². The van der Waals surface area contributed by atoms with Crippen molar-refractivity contribution in [2.45, 2.75) is 25.4 Å². The van der Waals surface area contributed by atoms with Crippen molar-refractivity contribution in [1.82, 2.24) is 9.97 Å². The van der Waals surface area contributed by atoms with E-state index in [1.165, 1.54) is 0 Å². The van der Waals surface area contributed by atoms with Crippen molar-refractivity contribution in [1.29, 1.82) is 0 Å². The first-order valence-electron chi connectivity index (χ1n) is 6.73. The summed E-state index contributed by atoms with van der Waals surface area (Å²) < 4.78 is 5.77. The number of ether oxygens (including phenoxy) is 1. The molecule has 5 heteroatoms. The van der Waals surface area contributed by atoms with E-state index >= 15 is 0 Å². The van der Waals surface area contributed by atoms with Crippen LogP contribution in [0.3, 0.4) is 0 Å². The van der Waals surface area contributed by atoms with Gasteiger partial charge in [0, 0.05) is 19.0 Å². The molecule has 1 heterocycles. The summed E-state index contributed by atoms with van der Waals surface area (Å²) in [6.45, 7) is 0.0313. The molecule has 104 valence electrons. The van der Waals surface area contributed by atoms with Crippen molar-refractivity contribution in [3.8, 4) is 11.6 Å². The molecule has 1 fully saturated rings. The summed E-state index contributed by atoms with van der Waals surface area (Å²) in [7, 11) is 1.83. The molecule has 1 saturated carbocycles. The van der Waals surface area contributed by atoms with E-state index in [0.717, 1.165) is 30.0 Å². The summed E-state index contributed by atoms with van der Waals surface area (Å²) in [6.07, 6.45) is 2.30. The van der Waals surface area contributed by atoms with Crippen LogP contribution in [-0.2, 0) is 6.61 Å². The molecule has 0 unspecified atom stereocenters. The number of rotatable bonds is 5. The summed E-state index contributed by atoms with van der Waals surface area (Å²) in [4.78, 5) is 8.91. The molecule has 0 aliphatic heterocycles. The highest BCUT2D eigenvalue weighted by Crippen LogP contribution is 2.39. The van der Waals surface area contributed by atoms with Crippen LogP contribution in [0.1, 0.15) is 30.1 Å². The first-order valence-corrected chi connectivity index (χ1v) is 6.73. The molecule has 20 heavy (non-hydrogen) atoms. The minimum Gasteiger partial charge on any atom is -0.439 e. The smallest absolute Gasteiger partial charge is 0.224 e. The molecule has 5 nitrogen and oxygen atoms in total. The summed E-state index contributed by atoms with van der Waals surface area (Å²) >= 11 is 0. The Morgan fingerprint density at radius 1 is 1.25 bits per heavy atom. The van der Waals surface area contributed by atoms with Gasteiger partial charge in [0.05, 0.1) is 6.61 Å². The Hall–Kier alpha value is -2.14. The maximum atomic E-state index is 9.02. The lowest BCUT2D eigenvalue weighted by molar-refractivity contribution is 0.281.